The number of hydrogen-bond donors (Lipinski definition) is 1. The molecule has 1 saturated heterocycles. The minimum atomic E-state index is -0.691. The summed E-state index contributed by atoms with van der Waals surface area (Å²) in [5, 5.41) is 11.4. The lowest BCUT2D eigenvalue weighted by atomic mass is 9.72. The van der Waals surface area contributed by atoms with Gasteiger partial charge in [-0.3, -0.25) is 14.7 Å². The van der Waals surface area contributed by atoms with Gasteiger partial charge in [-0.1, -0.05) is 26.8 Å². The summed E-state index contributed by atoms with van der Waals surface area (Å²) in [5.74, 6) is 0.782. The van der Waals surface area contributed by atoms with Crippen molar-refractivity contribution in [1.82, 2.24) is 9.88 Å². The Kier molecular flexibility index (Phi) is 6.01. The Morgan fingerprint density at radius 1 is 1.13 bits per heavy atom. The van der Waals surface area contributed by atoms with Gasteiger partial charge in [0.05, 0.1) is 17.7 Å². The number of fused-ring (bicyclic) bond motifs is 1. The van der Waals surface area contributed by atoms with E-state index in [9.17, 15) is 9.90 Å². The van der Waals surface area contributed by atoms with Crippen LogP contribution in [-0.4, -0.2) is 40.2 Å². The summed E-state index contributed by atoms with van der Waals surface area (Å²) in [6.07, 6.45) is 7.69. The Balaban J connectivity index is 1.36. The van der Waals surface area contributed by atoms with Crippen molar-refractivity contribution in [2.45, 2.75) is 65.5 Å². The van der Waals surface area contributed by atoms with Crippen LogP contribution in [0.3, 0.4) is 0 Å². The molecule has 2 heterocycles. The van der Waals surface area contributed by atoms with Crippen molar-refractivity contribution < 1.29 is 14.6 Å². The predicted molar refractivity (Wildman–Crippen MR) is 119 cm³/mol. The van der Waals surface area contributed by atoms with E-state index in [1.807, 2.05) is 6.20 Å². The molecule has 1 atom stereocenters. The molecule has 2 aliphatic rings. The molecule has 0 spiro atoms. The van der Waals surface area contributed by atoms with Gasteiger partial charge in [-0.2, -0.15) is 0 Å². The maximum atomic E-state index is 11.2. The monoisotopic (exact) mass is 410 g/mol. The van der Waals surface area contributed by atoms with Gasteiger partial charge in [0.25, 0.3) is 0 Å². The number of pyridine rings is 1. The van der Waals surface area contributed by atoms with E-state index in [2.05, 4.69) is 54.9 Å². The third-order valence-electron chi connectivity index (χ3n) is 6.96. The number of ether oxygens (including phenoxy) is 1. The summed E-state index contributed by atoms with van der Waals surface area (Å²) in [4.78, 5) is 18.0. The van der Waals surface area contributed by atoms with Gasteiger partial charge in [-0.25, -0.2) is 0 Å². The fraction of sp³-hybridized carbons (Fsp3) is 0.600. The Bertz CT molecular complexity index is 897. The molecule has 5 heteroatoms. The summed E-state index contributed by atoms with van der Waals surface area (Å²) in [7, 11) is 0. The molecule has 1 aromatic heterocycles. The zero-order chi connectivity index (χ0) is 21.3. The maximum absolute atomic E-state index is 11.2. The lowest BCUT2D eigenvalue weighted by Crippen LogP contribution is -2.30. The molecule has 2 aromatic rings. The van der Waals surface area contributed by atoms with Crippen LogP contribution >= 0.6 is 0 Å². The highest BCUT2D eigenvalue weighted by atomic mass is 16.5. The van der Waals surface area contributed by atoms with E-state index >= 15 is 0 Å². The van der Waals surface area contributed by atoms with E-state index in [0.29, 0.717) is 24.6 Å². The lowest BCUT2D eigenvalue weighted by Gasteiger charge is -2.36. The highest BCUT2D eigenvalue weighted by molar-refractivity contribution is 5.83. The quantitative estimate of drug-likeness (QED) is 0.741. The molecule has 4 rings (SSSR count). The summed E-state index contributed by atoms with van der Waals surface area (Å²) >= 11 is 0. The van der Waals surface area contributed by atoms with E-state index in [4.69, 9.17) is 4.74 Å². The highest BCUT2D eigenvalue weighted by Gasteiger charge is 2.30. The lowest BCUT2D eigenvalue weighted by molar-refractivity contribution is -0.141. The molecule has 5 nitrogen and oxygen atoms in total. The van der Waals surface area contributed by atoms with Crippen molar-refractivity contribution in [2.75, 3.05) is 13.1 Å². The van der Waals surface area contributed by atoms with Crippen LogP contribution in [0, 0.1) is 17.3 Å². The molecule has 30 heavy (non-hydrogen) atoms. The average Bonchev–Trinajstić information content (AvgIpc) is 3.17. The average molecular weight is 411 g/mol. The van der Waals surface area contributed by atoms with E-state index in [0.717, 1.165) is 53.9 Å². The van der Waals surface area contributed by atoms with Crippen molar-refractivity contribution in [3.05, 3.63) is 36.2 Å². The number of rotatable bonds is 5. The number of nitrogens with zero attached hydrogens (tertiary/aromatic N) is 2. The normalized spacial score (nSPS) is 25.5. The number of carboxylic acids is 1. The smallest absolute Gasteiger partial charge is 0.307 e. The molecule has 0 radical (unpaired) electrons. The SMILES string of the molecule is CC(C)(C)[C@H]1CC[C@H](Oc2ccc3cc(CN4CCC(C(=O)O)C4)ncc3c2)CC1. The third-order valence-corrected chi connectivity index (χ3v) is 6.96. The van der Waals surface area contributed by atoms with Crippen LogP contribution in [0.1, 0.15) is 58.6 Å². The van der Waals surface area contributed by atoms with E-state index in [1.165, 1.54) is 12.8 Å². The van der Waals surface area contributed by atoms with E-state index in [1.54, 1.807) is 0 Å². The van der Waals surface area contributed by atoms with Gasteiger partial charge in [0.15, 0.2) is 0 Å². The molecule has 1 aliphatic carbocycles. The first-order valence-corrected chi connectivity index (χ1v) is 11.3. The second kappa shape index (κ2) is 8.54. The van der Waals surface area contributed by atoms with Crippen LogP contribution in [0.2, 0.25) is 0 Å². The van der Waals surface area contributed by atoms with Crippen LogP contribution in [0.5, 0.6) is 5.75 Å². The fourth-order valence-electron chi connectivity index (χ4n) is 4.97. The number of aromatic nitrogens is 1. The third kappa shape index (κ3) is 4.94. The largest absolute Gasteiger partial charge is 0.490 e. The summed E-state index contributed by atoms with van der Waals surface area (Å²) < 4.78 is 6.30. The van der Waals surface area contributed by atoms with Gasteiger partial charge >= 0.3 is 5.97 Å². The van der Waals surface area contributed by atoms with Gasteiger partial charge in [0, 0.05) is 24.7 Å². The van der Waals surface area contributed by atoms with Gasteiger partial charge in [-0.15, -0.1) is 0 Å². The Labute approximate surface area is 179 Å². The van der Waals surface area contributed by atoms with Crippen LogP contribution in [0.4, 0.5) is 0 Å². The second-order valence-electron chi connectivity index (χ2n) is 10.2. The number of hydrogen-bond acceptors (Lipinski definition) is 4. The van der Waals surface area contributed by atoms with Crippen molar-refractivity contribution in [3.8, 4) is 5.75 Å². The highest BCUT2D eigenvalue weighted by Crippen LogP contribution is 2.39. The van der Waals surface area contributed by atoms with Gasteiger partial charge in [0.2, 0.25) is 0 Å². The Hall–Kier alpha value is -2.14. The van der Waals surface area contributed by atoms with Crippen LogP contribution in [-0.2, 0) is 11.3 Å². The maximum Gasteiger partial charge on any atom is 0.307 e. The topological polar surface area (TPSA) is 62.7 Å². The number of aliphatic carboxylic acids is 1. The molecule has 2 fully saturated rings. The summed E-state index contributed by atoms with van der Waals surface area (Å²) in [6.45, 7) is 9.17. The molecule has 1 aliphatic heterocycles. The number of carbonyl (C=O) groups is 1. The predicted octanol–water partition coefficient (Wildman–Crippen LogP) is 5.13. The molecule has 0 amide bonds. The molecule has 162 valence electrons. The van der Waals surface area contributed by atoms with Crippen molar-refractivity contribution in [1.29, 1.82) is 0 Å². The Morgan fingerprint density at radius 2 is 1.90 bits per heavy atom. The van der Waals surface area contributed by atoms with Gasteiger partial charge in [0.1, 0.15) is 5.75 Å². The van der Waals surface area contributed by atoms with Gasteiger partial charge < -0.3 is 9.84 Å². The minimum absolute atomic E-state index is 0.247. The molecule has 1 unspecified atom stereocenters. The molecular formula is C25H34N2O3. The number of carboxylic acid groups (broad SMARTS) is 1. The summed E-state index contributed by atoms with van der Waals surface area (Å²) in [5.41, 5.74) is 1.38. The molecular weight excluding hydrogens is 376 g/mol. The van der Waals surface area contributed by atoms with Crippen molar-refractivity contribution in [3.63, 3.8) is 0 Å². The van der Waals surface area contributed by atoms with Crippen LogP contribution in [0.15, 0.2) is 30.5 Å². The molecule has 1 aromatic carbocycles. The van der Waals surface area contributed by atoms with Crippen LogP contribution < -0.4 is 4.74 Å². The fourth-order valence-corrected chi connectivity index (χ4v) is 4.97. The first-order valence-electron chi connectivity index (χ1n) is 11.3. The number of likely N-dealkylation sites (tertiary alicyclic amines) is 1. The summed E-state index contributed by atoms with van der Waals surface area (Å²) in [6, 6.07) is 8.39. The zero-order valence-corrected chi connectivity index (χ0v) is 18.4. The van der Waals surface area contributed by atoms with E-state index < -0.39 is 5.97 Å². The Morgan fingerprint density at radius 3 is 2.57 bits per heavy atom. The zero-order valence-electron chi connectivity index (χ0n) is 18.4. The standard InChI is InChI=1S/C25H34N2O3/c1-25(2,3)20-5-8-22(9-6-20)30-23-7-4-17-12-21(26-14-19(17)13-23)16-27-11-10-18(15-27)24(28)29/h4,7,12-14,18,20,22H,5-6,8-11,15-16H2,1-3H3,(H,28,29)/t18?,20-,22-. The first-order chi connectivity index (χ1) is 14.3. The first kappa shape index (κ1) is 21.1. The minimum Gasteiger partial charge on any atom is -0.490 e. The molecule has 0 bridgehead atoms. The second-order valence-corrected chi connectivity index (χ2v) is 10.2. The van der Waals surface area contributed by atoms with Crippen LogP contribution in [0.25, 0.3) is 10.8 Å². The molecule has 1 N–H and O–H groups in total. The van der Waals surface area contributed by atoms with Gasteiger partial charge in [-0.05, 0) is 73.6 Å². The van der Waals surface area contributed by atoms with E-state index in [-0.39, 0.29) is 5.92 Å². The number of benzene rings is 1. The molecule has 1 saturated carbocycles. The van der Waals surface area contributed by atoms with Crippen molar-refractivity contribution in [2.24, 2.45) is 17.3 Å². The van der Waals surface area contributed by atoms with Crippen molar-refractivity contribution >= 4 is 16.7 Å².